The SMILES string of the molecule is COCCCCNc1c(Cl)cccc1Cl. The predicted octanol–water partition coefficient (Wildman–Crippen LogP) is 3.83. The molecule has 1 aromatic rings. The van der Waals surface area contributed by atoms with E-state index in [1.807, 2.05) is 18.2 Å². The number of halogens is 2. The van der Waals surface area contributed by atoms with Crippen LogP contribution in [-0.2, 0) is 4.74 Å². The summed E-state index contributed by atoms with van der Waals surface area (Å²) in [6.07, 6.45) is 2.07. The minimum atomic E-state index is 0.661. The lowest BCUT2D eigenvalue weighted by Gasteiger charge is -2.09. The van der Waals surface area contributed by atoms with Crippen molar-refractivity contribution < 1.29 is 4.74 Å². The molecule has 0 amide bonds. The first kappa shape index (κ1) is 12.6. The van der Waals surface area contributed by atoms with Crippen molar-refractivity contribution in [2.75, 3.05) is 25.6 Å². The van der Waals surface area contributed by atoms with Crippen LogP contribution in [0, 0.1) is 0 Å². The summed E-state index contributed by atoms with van der Waals surface area (Å²) in [5, 5.41) is 4.54. The van der Waals surface area contributed by atoms with Crippen LogP contribution < -0.4 is 5.32 Å². The maximum Gasteiger partial charge on any atom is 0.0718 e. The van der Waals surface area contributed by atoms with Crippen molar-refractivity contribution in [3.8, 4) is 0 Å². The number of nitrogens with one attached hydrogen (secondary N) is 1. The molecule has 0 heterocycles. The van der Waals surface area contributed by atoms with Crippen LogP contribution in [0.4, 0.5) is 5.69 Å². The third-order valence-corrected chi connectivity index (χ3v) is 2.67. The van der Waals surface area contributed by atoms with E-state index in [0.29, 0.717) is 10.0 Å². The highest BCUT2D eigenvalue weighted by Crippen LogP contribution is 2.29. The molecule has 1 N–H and O–H groups in total. The summed E-state index contributed by atoms with van der Waals surface area (Å²) in [4.78, 5) is 0. The van der Waals surface area contributed by atoms with Gasteiger partial charge in [0.1, 0.15) is 0 Å². The highest BCUT2D eigenvalue weighted by atomic mass is 35.5. The lowest BCUT2D eigenvalue weighted by molar-refractivity contribution is 0.194. The fourth-order valence-electron chi connectivity index (χ4n) is 1.25. The number of benzene rings is 1. The van der Waals surface area contributed by atoms with Crippen molar-refractivity contribution in [2.24, 2.45) is 0 Å². The van der Waals surface area contributed by atoms with Gasteiger partial charge in [-0.25, -0.2) is 0 Å². The average Bonchev–Trinajstić information content (AvgIpc) is 2.21. The van der Waals surface area contributed by atoms with Gasteiger partial charge in [0.2, 0.25) is 0 Å². The van der Waals surface area contributed by atoms with Crippen molar-refractivity contribution in [1.29, 1.82) is 0 Å². The Labute approximate surface area is 101 Å². The average molecular weight is 248 g/mol. The second kappa shape index (κ2) is 6.94. The van der Waals surface area contributed by atoms with E-state index < -0.39 is 0 Å². The first-order chi connectivity index (χ1) is 7.25. The molecular weight excluding hydrogens is 233 g/mol. The second-order valence-corrected chi connectivity index (χ2v) is 4.04. The minimum absolute atomic E-state index is 0.661. The van der Waals surface area contributed by atoms with Gasteiger partial charge in [-0.05, 0) is 25.0 Å². The third kappa shape index (κ3) is 4.29. The summed E-state index contributed by atoms with van der Waals surface area (Å²) in [7, 11) is 1.71. The number of hydrogen-bond acceptors (Lipinski definition) is 2. The Hall–Kier alpha value is -0.440. The van der Waals surface area contributed by atoms with Crippen molar-refractivity contribution in [2.45, 2.75) is 12.8 Å². The zero-order valence-corrected chi connectivity index (χ0v) is 10.2. The summed E-state index contributed by atoms with van der Waals surface area (Å²) >= 11 is 12.0. The van der Waals surface area contributed by atoms with Gasteiger partial charge in [0, 0.05) is 20.3 Å². The van der Waals surface area contributed by atoms with Gasteiger partial charge in [-0.2, -0.15) is 0 Å². The normalized spacial score (nSPS) is 10.3. The molecule has 0 fully saturated rings. The molecular formula is C11H15Cl2NO. The van der Waals surface area contributed by atoms with Crippen LogP contribution in [0.1, 0.15) is 12.8 Å². The molecule has 15 heavy (non-hydrogen) atoms. The monoisotopic (exact) mass is 247 g/mol. The van der Waals surface area contributed by atoms with Crippen LogP contribution in [-0.4, -0.2) is 20.3 Å². The first-order valence-electron chi connectivity index (χ1n) is 4.92. The Balaban J connectivity index is 2.37. The molecule has 0 aromatic heterocycles. The largest absolute Gasteiger partial charge is 0.385 e. The molecule has 1 rings (SSSR count). The Morgan fingerprint density at radius 2 is 1.87 bits per heavy atom. The molecule has 0 saturated carbocycles. The lowest BCUT2D eigenvalue weighted by atomic mass is 10.3. The first-order valence-corrected chi connectivity index (χ1v) is 5.68. The lowest BCUT2D eigenvalue weighted by Crippen LogP contribution is -2.03. The van der Waals surface area contributed by atoms with E-state index in [2.05, 4.69) is 5.32 Å². The fraction of sp³-hybridized carbons (Fsp3) is 0.455. The number of unbranched alkanes of at least 4 members (excludes halogenated alkanes) is 1. The number of ether oxygens (including phenoxy) is 1. The van der Waals surface area contributed by atoms with Crippen molar-refractivity contribution >= 4 is 28.9 Å². The molecule has 0 saturated heterocycles. The number of methoxy groups -OCH3 is 1. The number of rotatable bonds is 6. The van der Waals surface area contributed by atoms with Crippen molar-refractivity contribution in [3.05, 3.63) is 28.2 Å². The van der Waals surface area contributed by atoms with Gasteiger partial charge in [0.15, 0.2) is 0 Å². The molecule has 0 aliphatic rings. The van der Waals surface area contributed by atoms with Crippen LogP contribution >= 0.6 is 23.2 Å². The molecule has 0 bridgehead atoms. The Morgan fingerprint density at radius 1 is 1.20 bits per heavy atom. The van der Waals surface area contributed by atoms with E-state index >= 15 is 0 Å². The molecule has 1 aromatic carbocycles. The fourth-order valence-corrected chi connectivity index (χ4v) is 1.78. The zero-order chi connectivity index (χ0) is 11.1. The molecule has 84 valence electrons. The van der Waals surface area contributed by atoms with E-state index in [-0.39, 0.29) is 0 Å². The molecule has 4 heteroatoms. The summed E-state index contributed by atoms with van der Waals surface area (Å²) in [6.45, 7) is 1.64. The highest BCUT2D eigenvalue weighted by molar-refractivity contribution is 6.39. The molecule has 0 unspecified atom stereocenters. The summed E-state index contributed by atoms with van der Waals surface area (Å²) in [6, 6.07) is 5.48. The quantitative estimate of drug-likeness (QED) is 0.772. The summed E-state index contributed by atoms with van der Waals surface area (Å²) in [5.41, 5.74) is 0.818. The van der Waals surface area contributed by atoms with Gasteiger partial charge in [0.25, 0.3) is 0 Å². The Morgan fingerprint density at radius 3 is 2.47 bits per heavy atom. The van der Waals surface area contributed by atoms with Gasteiger partial charge >= 0.3 is 0 Å². The summed E-state index contributed by atoms with van der Waals surface area (Å²) < 4.78 is 4.96. The molecule has 0 aliphatic carbocycles. The highest BCUT2D eigenvalue weighted by Gasteiger charge is 2.03. The number of para-hydroxylation sites is 1. The van der Waals surface area contributed by atoms with E-state index in [4.69, 9.17) is 27.9 Å². The van der Waals surface area contributed by atoms with Crippen LogP contribution in [0.25, 0.3) is 0 Å². The number of hydrogen-bond donors (Lipinski definition) is 1. The van der Waals surface area contributed by atoms with Crippen molar-refractivity contribution in [1.82, 2.24) is 0 Å². The van der Waals surface area contributed by atoms with Gasteiger partial charge < -0.3 is 10.1 Å². The molecule has 0 radical (unpaired) electrons. The number of anilines is 1. The smallest absolute Gasteiger partial charge is 0.0718 e. The zero-order valence-electron chi connectivity index (χ0n) is 8.72. The maximum absolute atomic E-state index is 6.00. The third-order valence-electron chi connectivity index (χ3n) is 2.04. The topological polar surface area (TPSA) is 21.3 Å². The maximum atomic E-state index is 6.00. The second-order valence-electron chi connectivity index (χ2n) is 3.22. The molecule has 0 spiro atoms. The molecule has 2 nitrogen and oxygen atoms in total. The standard InChI is InChI=1S/C11H15Cl2NO/c1-15-8-3-2-7-14-11-9(12)5-4-6-10(11)13/h4-6,14H,2-3,7-8H2,1H3. The van der Waals surface area contributed by atoms with Crippen LogP contribution in [0.2, 0.25) is 10.0 Å². The predicted molar refractivity (Wildman–Crippen MR) is 66.1 cm³/mol. The van der Waals surface area contributed by atoms with Crippen LogP contribution in [0.5, 0.6) is 0 Å². The van der Waals surface area contributed by atoms with E-state index in [1.165, 1.54) is 0 Å². The molecule has 0 atom stereocenters. The van der Waals surface area contributed by atoms with Crippen LogP contribution in [0.3, 0.4) is 0 Å². The van der Waals surface area contributed by atoms with E-state index in [1.54, 1.807) is 7.11 Å². The molecule has 0 aliphatic heterocycles. The van der Waals surface area contributed by atoms with Gasteiger partial charge in [0.05, 0.1) is 15.7 Å². The van der Waals surface area contributed by atoms with Gasteiger partial charge in [-0.15, -0.1) is 0 Å². The van der Waals surface area contributed by atoms with Crippen molar-refractivity contribution in [3.63, 3.8) is 0 Å². The van der Waals surface area contributed by atoms with Gasteiger partial charge in [-0.3, -0.25) is 0 Å². The Bertz CT molecular complexity index is 284. The Kier molecular flexibility index (Phi) is 5.84. The van der Waals surface area contributed by atoms with E-state index in [0.717, 1.165) is 31.7 Å². The van der Waals surface area contributed by atoms with Gasteiger partial charge in [-0.1, -0.05) is 29.3 Å². The van der Waals surface area contributed by atoms with Crippen LogP contribution in [0.15, 0.2) is 18.2 Å². The summed E-state index contributed by atoms with van der Waals surface area (Å²) in [5.74, 6) is 0. The van der Waals surface area contributed by atoms with E-state index in [9.17, 15) is 0 Å². The minimum Gasteiger partial charge on any atom is -0.385 e.